The Kier molecular flexibility index (Phi) is 5.32. The van der Waals surface area contributed by atoms with Crippen LogP contribution in [0.25, 0.3) is 0 Å². The average Bonchev–Trinajstić information content (AvgIpc) is 3.40. The standard InChI is InChI=1S/C24H31N3O2/c28-24(23-6-2-17-29-23)27-12-3-11-25(15-16-27)21-9-13-26(14-10-21)22-8-7-19-4-1-5-20(19)18-22/h2,6-8,17-18,21H,1,3-5,9-16H2. The molecule has 0 spiro atoms. The van der Waals surface area contributed by atoms with Gasteiger partial charge in [-0.2, -0.15) is 0 Å². The van der Waals surface area contributed by atoms with Crippen molar-refractivity contribution in [1.29, 1.82) is 0 Å². The Balaban J connectivity index is 1.15. The maximum atomic E-state index is 12.6. The molecule has 5 nitrogen and oxygen atoms in total. The van der Waals surface area contributed by atoms with E-state index in [1.807, 2.05) is 4.90 Å². The van der Waals surface area contributed by atoms with E-state index >= 15 is 0 Å². The molecule has 2 aliphatic heterocycles. The van der Waals surface area contributed by atoms with Gasteiger partial charge in [0.15, 0.2) is 5.76 Å². The van der Waals surface area contributed by atoms with Gasteiger partial charge in [0, 0.05) is 51.0 Å². The first-order chi connectivity index (χ1) is 14.3. The van der Waals surface area contributed by atoms with Crippen molar-refractivity contribution < 1.29 is 9.21 Å². The third kappa shape index (κ3) is 3.93. The van der Waals surface area contributed by atoms with Crippen molar-refractivity contribution in [2.24, 2.45) is 0 Å². The lowest BCUT2D eigenvalue weighted by molar-refractivity contribution is 0.0724. The van der Waals surface area contributed by atoms with Gasteiger partial charge < -0.3 is 14.2 Å². The van der Waals surface area contributed by atoms with E-state index in [9.17, 15) is 4.79 Å². The van der Waals surface area contributed by atoms with E-state index < -0.39 is 0 Å². The topological polar surface area (TPSA) is 39.9 Å². The van der Waals surface area contributed by atoms with Crippen LogP contribution in [-0.4, -0.2) is 61.0 Å². The molecule has 29 heavy (non-hydrogen) atoms. The number of amides is 1. The summed E-state index contributed by atoms with van der Waals surface area (Å²) in [6, 6.07) is 11.3. The summed E-state index contributed by atoms with van der Waals surface area (Å²) in [5, 5.41) is 0. The minimum atomic E-state index is 0.0308. The molecule has 2 aromatic rings. The summed E-state index contributed by atoms with van der Waals surface area (Å²) < 4.78 is 5.30. The zero-order chi connectivity index (χ0) is 19.6. The zero-order valence-corrected chi connectivity index (χ0v) is 17.2. The van der Waals surface area contributed by atoms with E-state index in [0.29, 0.717) is 11.8 Å². The summed E-state index contributed by atoms with van der Waals surface area (Å²) in [4.78, 5) is 19.7. The van der Waals surface area contributed by atoms with Crippen LogP contribution in [0.4, 0.5) is 5.69 Å². The van der Waals surface area contributed by atoms with E-state index in [1.165, 1.54) is 37.8 Å². The Morgan fingerprint density at radius 3 is 2.59 bits per heavy atom. The molecule has 1 aliphatic carbocycles. The second kappa shape index (κ2) is 8.23. The van der Waals surface area contributed by atoms with Crippen molar-refractivity contribution in [2.75, 3.05) is 44.2 Å². The maximum absolute atomic E-state index is 12.6. The molecule has 1 amide bonds. The smallest absolute Gasteiger partial charge is 0.289 e. The number of fused-ring (bicyclic) bond motifs is 1. The van der Waals surface area contributed by atoms with Crippen LogP contribution in [0.15, 0.2) is 41.0 Å². The third-order valence-corrected chi connectivity index (χ3v) is 6.98. The number of carbonyl (C=O) groups excluding carboxylic acids is 1. The fourth-order valence-electron chi connectivity index (χ4n) is 5.31. The molecule has 154 valence electrons. The number of anilines is 1. The second-order valence-corrected chi connectivity index (χ2v) is 8.68. The molecular weight excluding hydrogens is 362 g/mol. The van der Waals surface area contributed by atoms with Crippen molar-refractivity contribution in [3.63, 3.8) is 0 Å². The van der Waals surface area contributed by atoms with Crippen LogP contribution in [0.2, 0.25) is 0 Å². The highest BCUT2D eigenvalue weighted by molar-refractivity contribution is 5.91. The zero-order valence-electron chi connectivity index (χ0n) is 17.2. The number of hydrogen-bond donors (Lipinski definition) is 0. The van der Waals surface area contributed by atoms with Gasteiger partial charge in [0.05, 0.1) is 6.26 Å². The lowest BCUT2D eigenvalue weighted by atomic mass is 10.0. The van der Waals surface area contributed by atoms with Gasteiger partial charge in [0.2, 0.25) is 0 Å². The van der Waals surface area contributed by atoms with Crippen LogP contribution in [0.5, 0.6) is 0 Å². The molecular formula is C24H31N3O2. The van der Waals surface area contributed by atoms with E-state index in [0.717, 1.165) is 45.7 Å². The number of furan rings is 1. The first kappa shape index (κ1) is 18.7. The fourth-order valence-corrected chi connectivity index (χ4v) is 5.31. The molecule has 0 radical (unpaired) electrons. The van der Waals surface area contributed by atoms with Crippen LogP contribution in [0.1, 0.15) is 47.4 Å². The van der Waals surface area contributed by atoms with Crippen molar-refractivity contribution in [2.45, 2.75) is 44.6 Å². The Labute approximate surface area is 173 Å². The van der Waals surface area contributed by atoms with Crippen LogP contribution < -0.4 is 4.90 Å². The molecule has 3 heterocycles. The van der Waals surface area contributed by atoms with E-state index in [4.69, 9.17) is 4.42 Å². The molecule has 0 atom stereocenters. The Morgan fingerprint density at radius 2 is 1.76 bits per heavy atom. The maximum Gasteiger partial charge on any atom is 0.289 e. The molecule has 5 rings (SSSR count). The van der Waals surface area contributed by atoms with E-state index in [1.54, 1.807) is 29.5 Å². The summed E-state index contributed by atoms with van der Waals surface area (Å²) in [5.41, 5.74) is 4.54. The molecule has 2 saturated heterocycles. The van der Waals surface area contributed by atoms with Crippen LogP contribution in [0.3, 0.4) is 0 Å². The summed E-state index contributed by atoms with van der Waals surface area (Å²) in [5.74, 6) is 0.490. The minimum absolute atomic E-state index is 0.0308. The molecule has 0 bridgehead atoms. The summed E-state index contributed by atoms with van der Waals surface area (Å²) in [6.45, 7) is 5.94. The number of carbonyl (C=O) groups is 1. The highest BCUT2D eigenvalue weighted by atomic mass is 16.3. The van der Waals surface area contributed by atoms with Crippen LogP contribution in [0, 0.1) is 0 Å². The third-order valence-electron chi connectivity index (χ3n) is 6.98. The number of hydrogen-bond acceptors (Lipinski definition) is 4. The van der Waals surface area contributed by atoms with Crippen molar-refractivity contribution in [3.05, 3.63) is 53.5 Å². The normalized spacial score (nSPS) is 21.2. The predicted octanol–water partition coefficient (Wildman–Crippen LogP) is 3.59. The predicted molar refractivity (Wildman–Crippen MR) is 115 cm³/mol. The van der Waals surface area contributed by atoms with E-state index in [2.05, 4.69) is 28.0 Å². The van der Waals surface area contributed by atoms with Gasteiger partial charge in [-0.15, -0.1) is 0 Å². The van der Waals surface area contributed by atoms with Gasteiger partial charge in [0.1, 0.15) is 0 Å². The molecule has 1 aromatic heterocycles. The number of aryl methyl sites for hydroxylation is 2. The molecule has 5 heteroatoms. The number of rotatable bonds is 3. The van der Waals surface area contributed by atoms with Gasteiger partial charge in [-0.05, 0) is 73.9 Å². The molecule has 0 unspecified atom stereocenters. The first-order valence-electron chi connectivity index (χ1n) is 11.2. The summed E-state index contributed by atoms with van der Waals surface area (Å²) >= 11 is 0. The lowest BCUT2D eigenvalue weighted by Crippen LogP contribution is -2.46. The lowest BCUT2D eigenvalue weighted by Gasteiger charge is -2.39. The van der Waals surface area contributed by atoms with Crippen LogP contribution in [-0.2, 0) is 12.8 Å². The Bertz CT molecular complexity index is 840. The van der Waals surface area contributed by atoms with Gasteiger partial charge in [-0.3, -0.25) is 9.69 Å². The van der Waals surface area contributed by atoms with Crippen molar-refractivity contribution in [3.8, 4) is 0 Å². The number of nitrogens with zero attached hydrogens (tertiary/aromatic N) is 3. The molecule has 0 saturated carbocycles. The Morgan fingerprint density at radius 1 is 0.897 bits per heavy atom. The molecule has 0 N–H and O–H groups in total. The largest absolute Gasteiger partial charge is 0.459 e. The van der Waals surface area contributed by atoms with Gasteiger partial charge >= 0.3 is 0 Å². The van der Waals surface area contributed by atoms with Crippen molar-refractivity contribution in [1.82, 2.24) is 9.80 Å². The van der Waals surface area contributed by atoms with Gasteiger partial charge in [0.25, 0.3) is 5.91 Å². The molecule has 1 aromatic carbocycles. The molecule has 3 aliphatic rings. The molecule has 2 fully saturated rings. The second-order valence-electron chi connectivity index (χ2n) is 8.68. The summed E-state index contributed by atoms with van der Waals surface area (Å²) in [6.07, 6.45) is 8.86. The first-order valence-corrected chi connectivity index (χ1v) is 11.2. The number of benzene rings is 1. The fraction of sp³-hybridized carbons (Fsp3) is 0.542. The Hall–Kier alpha value is -2.27. The summed E-state index contributed by atoms with van der Waals surface area (Å²) in [7, 11) is 0. The highest BCUT2D eigenvalue weighted by Gasteiger charge is 2.28. The number of piperidine rings is 1. The SMILES string of the molecule is O=C(c1ccco1)N1CCCN(C2CCN(c3ccc4c(c3)CCC4)CC2)CC1. The average molecular weight is 394 g/mol. The van der Waals surface area contributed by atoms with Gasteiger partial charge in [-0.25, -0.2) is 0 Å². The quantitative estimate of drug-likeness (QED) is 0.799. The van der Waals surface area contributed by atoms with Crippen LogP contribution >= 0.6 is 0 Å². The monoisotopic (exact) mass is 393 g/mol. The van der Waals surface area contributed by atoms with E-state index in [-0.39, 0.29) is 5.91 Å². The van der Waals surface area contributed by atoms with Crippen molar-refractivity contribution >= 4 is 11.6 Å². The minimum Gasteiger partial charge on any atom is -0.459 e. The van der Waals surface area contributed by atoms with Gasteiger partial charge in [-0.1, -0.05) is 6.07 Å². The highest BCUT2D eigenvalue weighted by Crippen LogP contribution is 2.29.